The maximum atomic E-state index is 5.67. The van der Waals surface area contributed by atoms with Crippen LogP contribution in [0.2, 0.25) is 0 Å². The van der Waals surface area contributed by atoms with Crippen molar-refractivity contribution in [3.8, 4) is 0 Å². The van der Waals surface area contributed by atoms with Crippen LogP contribution in [0.4, 0.5) is 17.6 Å². The highest BCUT2D eigenvalue weighted by Gasteiger charge is 2.02. The summed E-state index contributed by atoms with van der Waals surface area (Å²) >= 11 is 5.20. The van der Waals surface area contributed by atoms with Crippen molar-refractivity contribution in [3.63, 3.8) is 0 Å². The number of rotatable bonds is 6. The van der Waals surface area contributed by atoms with Crippen molar-refractivity contribution in [3.05, 3.63) is 26.9 Å². The van der Waals surface area contributed by atoms with Crippen LogP contribution >= 0.6 is 27.3 Å². The molecule has 2 heterocycles. The lowest BCUT2D eigenvalue weighted by Gasteiger charge is -2.08. The Morgan fingerprint density at radius 1 is 1.26 bits per heavy atom. The molecule has 0 aromatic carbocycles. The third-order valence-corrected chi connectivity index (χ3v) is 4.09. The van der Waals surface area contributed by atoms with Gasteiger partial charge in [-0.05, 0) is 41.4 Å². The van der Waals surface area contributed by atoms with Gasteiger partial charge in [0.25, 0.3) is 0 Å². The minimum Gasteiger partial charge on any atom is -0.370 e. The number of nitrogens with two attached hydrogens (primary N) is 1. The molecule has 0 unspecified atom stereocenters. The van der Waals surface area contributed by atoms with Gasteiger partial charge in [0.2, 0.25) is 5.95 Å². The molecule has 5 nitrogen and oxygen atoms in total. The van der Waals surface area contributed by atoms with Gasteiger partial charge < -0.3 is 16.4 Å². The zero-order valence-corrected chi connectivity index (χ0v) is 13.0. The Kier molecular flexibility index (Phi) is 4.98. The zero-order chi connectivity index (χ0) is 13.7. The van der Waals surface area contributed by atoms with E-state index in [1.54, 1.807) is 11.3 Å². The van der Waals surface area contributed by atoms with Crippen LogP contribution in [-0.2, 0) is 6.42 Å². The molecule has 0 aliphatic heterocycles. The maximum Gasteiger partial charge on any atom is 0.223 e. The second kappa shape index (κ2) is 6.72. The topological polar surface area (TPSA) is 75.9 Å². The zero-order valence-electron chi connectivity index (χ0n) is 10.6. The molecule has 7 heteroatoms. The number of hydrogen-bond donors (Lipinski definition) is 3. The van der Waals surface area contributed by atoms with Gasteiger partial charge in [0.05, 0.1) is 3.79 Å². The number of nitrogen functional groups attached to an aromatic ring is 1. The summed E-state index contributed by atoms with van der Waals surface area (Å²) in [6.45, 7) is 3.63. The highest BCUT2D eigenvalue weighted by molar-refractivity contribution is 9.11. The van der Waals surface area contributed by atoms with Crippen molar-refractivity contribution in [2.75, 3.05) is 29.5 Å². The van der Waals surface area contributed by atoms with Gasteiger partial charge in [-0.1, -0.05) is 0 Å². The number of aromatic nitrogens is 2. The Balaban J connectivity index is 1.91. The van der Waals surface area contributed by atoms with Gasteiger partial charge in [0.1, 0.15) is 11.6 Å². The Hall–Kier alpha value is -1.34. The molecular weight excluding hydrogens is 326 g/mol. The largest absolute Gasteiger partial charge is 0.370 e. The normalized spacial score (nSPS) is 10.4. The standard InChI is InChI=1S/C12H16BrN5S/c1-2-15-10-7-11(18-12(14)17-10)16-6-5-8-3-4-9(13)19-8/h3-4,7H,2,5-6H2,1H3,(H4,14,15,16,17,18). The van der Waals surface area contributed by atoms with E-state index in [1.807, 2.05) is 13.0 Å². The van der Waals surface area contributed by atoms with Crippen molar-refractivity contribution < 1.29 is 0 Å². The average Bonchev–Trinajstić information content (AvgIpc) is 2.75. The summed E-state index contributed by atoms with van der Waals surface area (Å²) in [6, 6.07) is 6.05. The first kappa shape index (κ1) is 14.1. The second-order valence-corrected chi connectivity index (χ2v) is 6.46. The second-order valence-electron chi connectivity index (χ2n) is 3.91. The molecule has 2 aromatic heterocycles. The molecule has 0 amide bonds. The molecule has 0 aliphatic rings. The predicted octanol–water partition coefficient (Wildman–Crippen LogP) is 2.97. The third-order valence-electron chi connectivity index (χ3n) is 2.41. The summed E-state index contributed by atoms with van der Waals surface area (Å²) in [6.07, 6.45) is 0.955. The summed E-state index contributed by atoms with van der Waals surface area (Å²) in [5.74, 6) is 1.77. The number of halogens is 1. The van der Waals surface area contributed by atoms with Gasteiger partial charge in [-0.15, -0.1) is 11.3 Å². The van der Waals surface area contributed by atoms with E-state index in [-0.39, 0.29) is 5.95 Å². The monoisotopic (exact) mass is 341 g/mol. The number of nitrogens with zero attached hydrogens (tertiary/aromatic N) is 2. The minimum absolute atomic E-state index is 0.278. The lowest BCUT2D eigenvalue weighted by Crippen LogP contribution is -2.09. The van der Waals surface area contributed by atoms with Crippen LogP contribution in [0.25, 0.3) is 0 Å². The SMILES string of the molecule is CCNc1cc(NCCc2ccc(Br)s2)nc(N)n1. The molecule has 0 saturated heterocycles. The predicted molar refractivity (Wildman–Crippen MR) is 84.8 cm³/mol. The summed E-state index contributed by atoms with van der Waals surface area (Å²) < 4.78 is 1.16. The van der Waals surface area contributed by atoms with Crippen molar-refractivity contribution in [1.29, 1.82) is 0 Å². The quantitative estimate of drug-likeness (QED) is 0.752. The lowest BCUT2D eigenvalue weighted by atomic mass is 10.3. The van der Waals surface area contributed by atoms with Crippen LogP contribution in [0, 0.1) is 0 Å². The Bertz CT molecular complexity index is 543. The number of anilines is 3. The minimum atomic E-state index is 0.278. The highest BCUT2D eigenvalue weighted by atomic mass is 79.9. The molecule has 19 heavy (non-hydrogen) atoms. The molecule has 0 fully saturated rings. The average molecular weight is 342 g/mol. The number of thiophene rings is 1. The van der Waals surface area contributed by atoms with E-state index < -0.39 is 0 Å². The lowest BCUT2D eigenvalue weighted by molar-refractivity contribution is 1.02. The van der Waals surface area contributed by atoms with Crippen LogP contribution in [0.5, 0.6) is 0 Å². The van der Waals surface area contributed by atoms with E-state index in [4.69, 9.17) is 5.73 Å². The van der Waals surface area contributed by atoms with Crippen LogP contribution < -0.4 is 16.4 Å². The van der Waals surface area contributed by atoms with E-state index in [1.165, 1.54) is 4.88 Å². The van der Waals surface area contributed by atoms with Gasteiger partial charge in [-0.2, -0.15) is 9.97 Å². The van der Waals surface area contributed by atoms with Crippen molar-refractivity contribution >= 4 is 44.9 Å². The van der Waals surface area contributed by atoms with Crippen LogP contribution in [0.15, 0.2) is 22.0 Å². The van der Waals surface area contributed by atoms with Gasteiger partial charge >= 0.3 is 0 Å². The molecule has 0 bridgehead atoms. The van der Waals surface area contributed by atoms with Crippen molar-refractivity contribution in [1.82, 2.24) is 9.97 Å². The smallest absolute Gasteiger partial charge is 0.223 e. The van der Waals surface area contributed by atoms with Gasteiger partial charge in [0, 0.05) is 24.0 Å². The summed E-state index contributed by atoms with van der Waals surface area (Å²) in [4.78, 5) is 9.59. The molecule has 0 aliphatic carbocycles. The maximum absolute atomic E-state index is 5.67. The van der Waals surface area contributed by atoms with E-state index in [9.17, 15) is 0 Å². The molecule has 0 spiro atoms. The first-order valence-corrected chi connectivity index (χ1v) is 7.65. The highest BCUT2D eigenvalue weighted by Crippen LogP contribution is 2.22. The van der Waals surface area contributed by atoms with Gasteiger partial charge in [0.15, 0.2) is 0 Å². The van der Waals surface area contributed by atoms with Crippen LogP contribution in [-0.4, -0.2) is 23.1 Å². The molecule has 0 saturated carbocycles. The first-order chi connectivity index (χ1) is 9.17. The van der Waals surface area contributed by atoms with Crippen molar-refractivity contribution in [2.24, 2.45) is 0 Å². The molecular formula is C12H16BrN5S. The molecule has 4 N–H and O–H groups in total. The van der Waals surface area contributed by atoms with E-state index in [2.05, 4.69) is 48.7 Å². The van der Waals surface area contributed by atoms with Gasteiger partial charge in [-0.3, -0.25) is 0 Å². The van der Waals surface area contributed by atoms with E-state index in [0.717, 1.165) is 34.9 Å². The van der Waals surface area contributed by atoms with E-state index >= 15 is 0 Å². The Morgan fingerprint density at radius 3 is 2.63 bits per heavy atom. The molecule has 102 valence electrons. The van der Waals surface area contributed by atoms with Crippen LogP contribution in [0.3, 0.4) is 0 Å². The molecule has 0 radical (unpaired) electrons. The fraction of sp³-hybridized carbons (Fsp3) is 0.333. The summed E-state index contributed by atoms with van der Waals surface area (Å²) in [5, 5.41) is 6.39. The third kappa shape index (κ3) is 4.36. The fourth-order valence-electron chi connectivity index (χ4n) is 1.63. The number of hydrogen-bond acceptors (Lipinski definition) is 6. The molecule has 2 rings (SSSR count). The molecule has 2 aromatic rings. The summed E-state index contributed by atoms with van der Waals surface area (Å²) in [5.41, 5.74) is 5.67. The van der Waals surface area contributed by atoms with E-state index in [0.29, 0.717) is 0 Å². The fourth-order valence-corrected chi connectivity index (χ4v) is 3.11. The van der Waals surface area contributed by atoms with Crippen LogP contribution in [0.1, 0.15) is 11.8 Å². The Morgan fingerprint density at radius 2 is 2.00 bits per heavy atom. The number of nitrogens with one attached hydrogen (secondary N) is 2. The Labute approximate surface area is 124 Å². The molecule has 0 atom stereocenters. The van der Waals surface area contributed by atoms with Crippen molar-refractivity contribution in [2.45, 2.75) is 13.3 Å². The first-order valence-electron chi connectivity index (χ1n) is 6.04. The van der Waals surface area contributed by atoms with Gasteiger partial charge in [-0.25, -0.2) is 0 Å². The summed E-state index contributed by atoms with van der Waals surface area (Å²) in [7, 11) is 0.